The second-order valence-corrected chi connectivity index (χ2v) is 6.83. The fourth-order valence-electron chi connectivity index (χ4n) is 2.32. The van der Waals surface area contributed by atoms with Crippen molar-refractivity contribution in [1.82, 2.24) is 9.59 Å². The molecule has 0 aliphatic heterocycles. The topological polar surface area (TPSA) is 37.8 Å². The van der Waals surface area contributed by atoms with E-state index in [1.54, 1.807) is 0 Å². The molecule has 1 saturated carbocycles. The Morgan fingerprint density at radius 2 is 2.35 bits per heavy atom. The van der Waals surface area contributed by atoms with E-state index in [0.717, 1.165) is 34.2 Å². The SMILES string of the molecule is CCNc1snnc1CSC1CCCC(C)C1. The number of rotatable bonds is 5. The lowest BCUT2D eigenvalue weighted by molar-refractivity contribution is 0.394. The highest BCUT2D eigenvalue weighted by Gasteiger charge is 2.20. The Kier molecular flexibility index (Phi) is 5.10. The molecule has 1 aromatic rings. The highest BCUT2D eigenvalue weighted by molar-refractivity contribution is 7.99. The molecule has 96 valence electrons. The molecule has 1 aliphatic rings. The lowest BCUT2D eigenvalue weighted by Crippen LogP contribution is -2.15. The quantitative estimate of drug-likeness (QED) is 0.884. The second kappa shape index (κ2) is 6.59. The molecule has 1 aliphatic carbocycles. The summed E-state index contributed by atoms with van der Waals surface area (Å²) in [5.41, 5.74) is 1.14. The highest BCUT2D eigenvalue weighted by atomic mass is 32.2. The van der Waals surface area contributed by atoms with E-state index in [-0.39, 0.29) is 0 Å². The summed E-state index contributed by atoms with van der Waals surface area (Å²) in [6.45, 7) is 5.43. The normalized spacial score (nSPS) is 24.8. The molecule has 5 heteroatoms. The molecule has 0 spiro atoms. The number of aromatic nitrogens is 2. The van der Waals surface area contributed by atoms with Gasteiger partial charge < -0.3 is 5.32 Å². The summed E-state index contributed by atoms with van der Waals surface area (Å²) < 4.78 is 4.04. The van der Waals surface area contributed by atoms with Crippen molar-refractivity contribution in [1.29, 1.82) is 0 Å². The van der Waals surface area contributed by atoms with Gasteiger partial charge in [-0.2, -0.15) is 11.8 Å². The minimum Gasteiger partial charge on any atom is -0.374 e. The van der Waals surface area contributed by atoms with Gasteiger partial charge in [0, 0.05) is 29.1 Å². The molecule has 0 amide bonds. The zero-order valence-corrected chi connectivity index (χ0v) is 12.2. The summed E-state index contributed by atoms with van der Waals surface area (Å²) >= 11 is 3.54. The van der Waals surface area contributed by atoms with E-state index in [1.807, 2.05) is 0 Å². The average Bonchev–Trinajstić information content (AvgIpc) is 2.75. The number of thioether (sulfide) groups is 1. The third-order valence-electron chi connectivity index (χ3n) is 3.24. The van der Waals surface area contributed by atoms with Gasteiger partial charge in [-0.1, -0.05) is 24.3 Å². The summed E-state index contributed by atoms with van der Waals surface area (Å²) in [5, 5.41) is 9.54. The molecule has 17 heavy (non-hydrogen) atoms. The Bertz CT molecular complexity index is 340. The largest absolute Gasteiger partial charge is 0.374 e. The van der Waals surface area contributed by atoms with Gasteiger partial charge in [-0.3, -0.25) is 0 Å². The molecule has 0 saturated heterocycles. The maximum absolute atomic E-state index is 4.22. The number of hydrogen-bond acceptors (Lipinski definition) is 5. The molecular formula is C12H21N3S2. The Balaban J connectivity index is 1.82. The summed E-state index contributed by atoms with van der Waals surface area (Å²) in [6, 6.07) is 0. The van der Waals surface area contributed by atoms with Crippen molar-refractivity contribution >= 4 is 28.3 Å². The third kappa shape index (κ3) is 3.85. The minimum absolute atomic E-state index is 0.829. The van der Waals surface area contributed by atoms with Gasteiger partial charge in [0.25, 0.3) is 0 Å². The first kappa shape index (κ1) is 13.1. The molecular weight excluding hydrogens is 250 g/mol. The molecule has 2 rings (SSSR count). The predicted octanol–water partition coefficient (Wildman–Crippen LogP) is 3.78. The van der Waals surface area contributed by atoms with Crippen molar-refractivity contribution in [3.63, 3.8) is 0 Å². The molecule has 1 N–H and O–H groups in total. The van der Waals surface area contributed by atoms with Crippen molar-refractivity contribution in [2.24, 2.45) is 5.92 Å². The summed E-state index contributed by atoms with van der Waals surface area (Å²) in [7, 11) is 0. The maximum atomic E-state index is 4.22. The second-order valence-electron chi connectivity index (χ2n) is 4.78. The van der Waals surface area contributed by atoms with Gasteiger partial charge in [0.05, 0.1) is 0 Å². The number of nitrogens with one attached hydrogen (secondary N) is 1. The molecule has 0 aromatic carbocycles. The van der Waals surface area contributed by atoms with Crippen LogP contribution in [-0.4, -0.2) is 21.4 Å². The van der Waals surface area contributed by atoms with Crippen LogP contribution in [0.25, 0.3) is 0 Å². The van der Waals surface area contributed by atoms with E-state index < -0.39 is 0 Å². The van der Waals surface area contributed by atoms with E-state index in [2.05, 4.69) is 40.5 Å². The minimum atomic E-state index is 0.829. The van der Waals surface area contributed by atoms with Crippen molar-refractivity contribution in [3.05, 3.63) is 5.69 Å². The highest BCUT2D eigenvalue weighted by Crippen LogP contribution is 2.34. The Hall–Kier alpha value is -0.290. The molecule has 3 nitrogen and oxygen atoms in total. The number of nitrogens with zero attached hydrogens (tertiary/aromatic N) is 2. The zero-order valence-electron chi connectivity index (χ0n) is 10.6. The first-order valence-corrected chi connectivity index (χ1v) is 8.28. The zero-order chi connectivity index (χ0) is 12.1. The van der Waals surface area contributed by atoms with Crippen LogP contribution in [0.3, 0.4) is 0 Å². The first-order valence-electron chi connectivity index (χ1n) is 6.46. The average molecular weight is 271 g/mol. The molecule has 0 bridgehead atoms. The van der Waals surface area contributed by atoms with Crippen LogP contribution < -0.4 is 5.32 Å². The van der Waals surface area contributed by atoms with Crippen LogP contribution in [0.5, 0.6) is 0 Å². The van der Waals surface area contributed by atoms with Gasteiger partial charge in [-0.05, 0) is 25.7 Å². The van der Waals surface area contributed by atoms with Crippen molar-refractivity contribution in [2.75, 3.05) is 11.9 Å². The van der Waals surface area contributed by atoms with E-state index in [9.17, 15) is 0 Å². The Labute approximate surface area is 112 Å². The molecule has 2 unspecified atom stereocenters. The smallest absolute Gasteiger partial charge is 0.134 e. The van der Waals surface area contributed by atoms with Gasteiger partial charge in [0.1, 0.15) is 10.7 Å². The lowest BCUT2D eigenvalue weighted by atomic mass is 9.91. The maximum Gasteiger partial charge on any atom is 0.134 e. The van der Waals surface area contributed by atoms with Crippen LogP contribution in [0.1, 0.15) is 45.2 Å². The van der Waals surface area contributed by atoms with Crippen LogP contribution in [0.15, 0.2) is 0 Å². The summed E-state index contributed by atoms with van der Waals surface area (Å²) in [4.78, 5) is 0. The van der Waals surface area contributed by atoms with Gasteiger partial charge >= 0.3 is 0 Å². The van der Waals surface area contributed by atoms with Gasteiger partial charge in [-0.25, -0.2) is 0 Å². The van der Waals surface area contributed by atoms with E-state index in [4.69, 9.17) is 0 Å². The van der Waals surface area contributed by atoms with Gasteiger partial charge in [0.15, 0.2) is 0 Å². The Morgan fingerprint density at radius 1 is 1.47 bits per heavy atom. The first-order chi connectivity index (χ1) is 8.29. The van der Waals surface area contributed by atoms with Crippen LogP contribution in [0, 0.1) is 5.92 Å². The van der Waals surface area contributed by atoms with Crippen molar-refractivity contribution < 1.29 is 0 Å². The van der Waals surface area contributed by atoms with Crippen LogP contribution in [0.2, 0.25) is 0 Å². The molecule has 1 fully saturated rings. The predicted molar refractivity (Wildman–Crippen MR) is 76.8 cm³/mol. The lowest BCUT2D eigenvalue weighted by Gasteiger charge is -2.25. The van der Waals surface area contributed by atoms with E-state index >= 15 is 0 Å². The van der Waals surface area contributed by atoms with E-state index in [1.165, 1.54) is 37.2 Å². The van der Waals surface area contributed by atoms with Gasteiger partial charge in [-0.15, -0.1) is 5.10 Å². The fourth-order valence-corrected chi connectivity index (χ4v) is 4.46. The van der Waals surface area contributed by atoms with Crippen LogP contribution in [0.4, 0.5) is 5.00 Å². The van der Waals surface area contributed by atoms with Crippen LogP contribution in [-0.2, 0) is 5.75 Å². The Morgan fingerprint density at radius 3 is 3.12 bits per heavy atom. The number of anilines is 1. The molecule has 1 aromatic heterocycles. The van der Waals surface area contributed by atoms with Crippen molar-refractivity contribution in [2.45, 2.75) is 50.5 Å². The number of hydrogen-bond donors (Lipinski definition) is 1. The molecule has 2 atom stereocenters. The molecule has 1 heterocycles. The van der Waals surface area contributed by atoms with Crippen molar-refractivity contribution in [3.8, 4) is 0 Å². The van der Waals surface area contributed by atoms with Crippen LogP contribution >= 0.6 is 23.3 Å². The van der Waals surface area contributed by atoms with Gasteiger partial charge in [0.2, 0.25) is 0 Å². The third-order valence-corrected chi connectivity index (χ3v) is 5.30. The standard InChI is InChI=1S/C12H21N3S2/c1-3-13-12-11(14-15-17-12)8-16-10-6-4-5-9(2)7-10/h9-10,13H,3-8H2,1-2H3. The van der Waals surface area contributed by atoms with E-state index in [0.29, 0.717) is 0 Å². The summed E-state index contributed by atoms with van der Waals surface area (Å²) in [6.07, 6.45) is 5.56. The molecule has 0 radical (unpaired) electrons. The fraction of sp³-hybridized carbons (Fsp3) is 0.833. The summed E-state index contributed by atoms with van der Waals surface area (Å²) in [5.74, 6) is 1.92. The monoisotopic (exact) mass is 271 g/mol.